The van der Waals surface area contributed by atoms with E-state index in [-0.39, 0.29) is 12.4 Å². The summed E-state index contributed by atoms with van der Waals surface area (Å²) in [4.78, 5) is 11.4. The van der Waals surface area contributed by atoms with Crippen LogP contribution in [0.5, 0.6) is 5.75 Å². The summed E-state index contributed by atoms with van der Waals surface area (Å²) < 4.78 is 9.98. The number of hydrogen-bond donors (Lipinski definition) is 1. The third-order valence-corrected chi connectivity index (χ3v) is 1.98. The Labute approximate surface area is 101 Å². The molecule has 0 heterocycles. The van der Waals surface area contributed by atoms with Crippen LogP contribution < -0.4 is 10.5 Å². The highest BCUT2D eigenvalue weighted by Crippen LogP contribution is 2.21. The number of nitrogens with two attached hydrogens (primary N) is 1. The Balaban J connectivity index is 0.00000225. The van der Waals surface area contributed by atoms with Crippen LogP contribution in [-0.4, -0.2) is 19.7 Å². The second kappa shape index (κ2) is 7.09. The van der Waals surface area contributed by atoms with Crippen LogP contribution in [-0.2, 0) is 11.3 Å². The predicted octanol–water partition coefficient (Wildman–Crippen LogP) is 1.75. The maximum Gasteiger partial charge on any atom is 0.341 e. The smallest absolute Gasteiger partial charge is 0.341 e. The van der Waals surface area contributed by atoms with Crippen LogP contribution in [0.15, 0.2) is 18.2 Å². The number of esters is 1. The summed E-state index contributed by atoms with van der Waals surface area (Å²) in [6.45, 7) is 2.75. The van der Waals surface area contributed by atoms with Gasteiger partial charge in [-0.2, -0.15) is 0 Å². The first-order chi connectivity index (χ1) is 7.22. The third-order valence-electron chi connectivity index (χ3n) is 1.98. The summed E-state index contributed by atoms with van der Waals surface area (Å²) in [5, 5.41) is 0. The van der Waals surface area contributed by atoms with Crippen LogP contribution in [0.4, 0.5) is 0 Å². The second-order valence-corrected chi connectivity index (χ2v) is 2.96. The molecule has 0 spiro atoms. The van der Waals surface area contributed by atoms with Crippen molar-refractivity contribution in [1.82, 2.24) is 0 Å². The fourth-order valence-electron chi connectivity index (χ4n) is 1.25. The van der Waals surface area contributed by atoms with Gasteiger partial charge in [0.1, 0.15) is 11.3 Å². The minimum absolute atomic E-state index is 0. The van der Waals surface area contributed by atoms with Gasteiger partial charge in [0.2, 0.25) is 0 Å². The molecule has 1 aromatic carbocycles. The Morgan fingerprint density at radius 1 is 1.44 bits per heavy atom. The molecule has 0 fully saturated rings. The molecule has 0 radical (unpaired) electrons. The van der Waals surface area contributed by atoms with Crippen LogP contribution in [0.2, 0.25) is 0 Å². The molecule has 0 aliphatic heterocycles. The lowest BCUT2D eigenvalue weighted by Gasteiger charge is -2.09. The topological polar surface area (TPSA) is 61.5 Å². The highest BCUT2D eigenvalue weighted by atomic mass is 35.5. The van der Waals surface area contributed by atoms with E-state index in [0.717, 1.165) is 5.56 Å². The first-order valence-corrected chi connectivity index (χ1v) is 4.77. The summed E-state index contributed by atoms with van der Waals surface area (Å²) in [6.07, 6.45) is 0. The number of methoxy groups -OCH3 is 1. The SMILES string of the molecule is CCOc1ccc(CN)cc1C(=O)OC.Cl. The molecule has 0 aromatic heterocycles. The summed E-state index contributed by atoms with van der Waals surface area (Å²) in [5.74, 6) is 0.121. The summed E-state index contributed by atoms with van der Waals surface area (Å²) in [6, 6.07) is 5.26. The maximum atomic E-state index is 11.4. The van der Waals surface area contributed by atoms with Gasteiger partial charge in [-0.1, -0.05) is 6.07 Å². The van der Waals surface area contributed by atoms with Gasteiger partial charge < -0.3 is 15.2 Å². The maximum absolute atomic E-state index is 11.4. The van der Waals surface area contributed by atoms with Crippen molar-refractivity contribution < 1.29 is 14.3 Å². The minimum atomic E-state index is -0.409. The predicted molar refractivity (Wildman–Crippen MR) is 64.1 cm³/mol. The largest absolute Gasteiger partial charge is 0.493 e. The van der Waals surface area contributed by atoms with Crippen LogP contribution in [0.1, 0.15) is 22.8 Å². The van der Waals surface area contributed by atoms with Gasteiger partial charge in [-0.15, -0.1) is 12.4 Å². The van der Waals surface area contributed by atoms with Gasteiger partial charge in [0.25, 0.3) is 0 Å². The van der Waals surface area contributed by atoms with E-state index in [4.69, 9.17) is 10.5 Å². The number of rotatable bonds is 4. The van der Waals surface area contributed by atoms with E-state index in [2.05, 4.69) is 4.74 Å². The van der Waals surface area contributed by atoms with E-state index in [1.807, 2.05) is 13.0 Å². The number of carbonyl (C=O) groups excluding carboxylic acids is 1. The molecule has 0 aliphatic rings. The molecule has 1 rings (SSSR count). The van der Waals surface area contributed by atoms with Crippen molar-refractivity contribution in [3.05, 3.63) is 29.3 Å². The molecule has 0 saturated carbocycles. The van der Waals surface area contributed by atoms with Gasteiger partial charge >= 0.3 is 5.97 Å². The molecule has 1 aromatic rings. The highest BCUT2D eigenvalue weighted by Gasteiger charge is 2.13. The van der Waals surface area contributed by atoms with E-state index >= 15 is 0 Å². The van der Waals surface area contributed by atoms with E-state index in [1.54, 1.807) is 12.1 Å². The summed E-state index contributed by atoms with van der Waals surface area (Å²) in [7, 11) is 1.34. The molecule has 16 heavy (non-hydrogen) atoms. The van der Waals surface area contributed by atoms with Crippen LogP contribution in [0.25, 0.3) is 0 Å². The van der Waals surface area contributed by atoms with Crippen molar-refractivity contribution >= 4 is 18.4 Å². The zero-order valence-electron chi connectivity index (χ0n) is 9.36. The zero-order chi connectivity index (χ0) is 11.3. The van der Waals surface area contributed by atoms with Crippen molar-refractivity contribution in [3.8, 4) is 5.75 Å². The Kier molecular flexibility index (Phi) is 6.53. The van der Waals surface area contributed by atoms with Crippen molar-refractivity contribution in [1.29, 1.82) is 0 Å². The van der Waals surface area contributed by atoms with Crippen molar-refractivity contribution in [3.63, 3.8) is 0 Å². The fourth-order valence-corrected chi connectivity index (χ4v) is 1.25. The molecular weight excluding hydrogens is 230 g/mol. The van der Waals surface area contributed by atoms with Gasteiger partial charge in [0.15, 0.2) is 0 Å². The van der Waals surface area contributed by atoms with Crippen LogP contribution >= 0.6 is 12.4 Å². The molecule has 90 valence electrons. The van der Waals surface area contributed by atoms with E-state index in [9.17, 15) is 4.79 Å². The second-order valence-electron chi connectivity index (χ2n) is 2.96. The molecule has 0 atom stereocenters. The Morgan fingerprint density at radius 2 is 2.12 bits per heavy atom. The highest BCUT2D eigenvalue weighted by molar-refractivity contribution is 5.92. The van der Waals surface area contributed by atoms with Crippen LogP contribution in [0, 0.1) is 0 Å². The van der Waals surface area contributed by atoms with E-state index < -0.39 is 5.97 Å². The van der Waals surface area contributed by atoms with E-state index in [0.29, 0.717) is 24.5 Å². The first kappa shape index (κ1) is 14.7. The van der Waals surface area contributed by atoms with Gasteiger partial charge in [-0.3, -0.25) is 0 Å². The van der Waals surface area contributed by atoms with Gasteiger partial charge in [-0.05, 0) is 24.6 Å². The lowest BCUT2D eigenvalue weighted by molar-refractivity contribution is 0.0596. The standard InChI is InChI=1S/C11H15NO3.ClH/c1-3-15-10-5-4-8(7-12)6-9(10)11(13)14-2;/h4-6H,3,7,12H2,1-2H3;1H. The Morgan fingerprint density at radius 3 is 2.62 bits per heavy atom. The Hall–Kier alpha value is -1.26. The number of hydrogen-bond acceptors (Lipinski definition) is 4. The van der Waals surface area contributed by atoms with Crippen molar-refractivity contribution in [2.75, 3.05) is 13.7 Å². The average Bonchev–Trinajstić information content (AvgIpc) is 2.29. The zero-order valence-corrected chi connectivity index (χ0v) is 10.2. The molecular formula is C11H16ClNO3. The number of halogens is 1. The molecule has 2 N–H and O–H groups in total. The lowest BCUT2D eigenvalue weighted by Crippen LogP contribution is -2.07. The van der Waals surface area contributed by atoms with Crippen molar-refractivity contribution in [2.24, 2.45) is 5.73 Å². The van der Waals surface area contributed by atoms with Gasteiger partial charge in [0.05, 0.1) is 13.7 Å². The summed E-state index contributed by atoms with van der Waals surface area (Å²) in [5.41, 5.74) is 6.78. The number of ether oxygens (including phenoxy) is 2. The molecule has 0 bridgehead atoms. The summed E-state index contributed by atoms with van der Waals surface area (Å²) >= 11 is 0. The quantitative estimate of drug-likeness (QED) is 0.821. The van der Waals surface area contributed by atoms with Crippen molar-refractivity contribution in [2.45, 2.75) is 13.5 Å². The Bertz CT molecular complexity index is 355. The first-order valence-electron chi connectivity index (χ1n) is 4.77. The molecule has 5 heteroatoms. The molecule has 4 nitrogen and oxygen atoms in total. The van der Waals surface area contributed by atoms with E-state index in [1.165, 1.54) is 7.11 Å². The molecule has 0 aliphatic carbocycles. The normalized spacial score (nSPS) is 9.19. The van der Waals surface area contributed by atoms with Crippen LogP contribution in [0.3, 0.4) is 0 Å². The van der Waals surface area contributed by atoms with Gasteiger partial charge in [0, 0.05) is 6.54 Å². The fraction of sp³-hybridized carbons (Fsp3) is 0.364. The number of benzene rings is 1. The molecule has 0 amide bonds. The average molecular weight is 246 g/mol. The third kappa shape index (κ3) is 3.40. The van der Waals surface area contributed by atoms with Gasteiger partial charge in [-0.25, -0.2) is 4.79 Å². The number of carbonyl (C=O) groups is 1. The minimum Gasteiger partial charge on any atom is -0.493 e. The molecule has 0 unspecified atom stereocenters. The monoisotopic (exact) mass is 245 g/mol. The lowest BCUT2D eigenvalue weighted by atomic mass is 10.1. The molecule has 0 saturated heterocycles.